The number of pyridine rings is 1. The zero-order valence-electron chi connectivity index (χ0n) is 16.0. The van der Waals surface area contributed by atoms with Gasteiger partial charge in [0.2, 0.25) is 5.69 Å². The van der Waals surface area contributed by atoms with Crippen LogP contribution in [0, 0.1) is 13.8 Å². The lowest BCUT2D eigenvalue weighted by Gasteiger charge is -2.18. The van der Waals surface area contributed by atoms with Gasteiger partial charge >= 0.3 is 0 Å². The summed E-state index contributed by atoms with van der Waals surface area (Å²) in [5.74, 6) is 0. The largest absolute Gasteiger partial charge is 0.220 e. The van der Waals surface area contributed by atoms with Crippen LogP contribution in [0.25, 0.3) is 22.0 Å². The van der Waals surface area contributed by atoms with E-state index in [0.29, 0.717) is 6.04 Å². The van der Waals surface area contributed by atoms with Crippen molar-refractivity contribution in [3.8, 4) is 11.3 Å². The van der Waals surface area contributed by atoms with E-state index in [4.69, 9.17) is 1.37 Å². The Balaban J connectivity index is 2.45. The van der Waals surface area contributed by atoms with Crippen LogP contribution in [-0.2, 0) is 7.05 Å². The van der Waals surface area contributed by atoms with Crippen molar-refractivity contribution in [3.63, 3.8) is 0 Å². The first-order chi connectivity index (χ1) is 11.2. The summed E-state index contributed by atoms with van der Waals surface area (Å²) in [7, 11) is 0.668. The van der Waals surface area contributed by atoms with E-state index in [-0.39, 0.29) is 0 Å². The molecule has 0 radical (unpaired) electrons. The normalized spacial score (nSPS) is 12.5. The van der Waals surface area contributed by atoms with Gasteiger partial charge in [-0.1, -0.05) is 55.2 Å². The zero-order chi connectivity index (χ0) is 17.6. The summed E-state index contributed by atoms with van der Waals surface area (Å²) in [5, 5.41) is 3.65. The van der Waals surface area contributed by atoms with E-state index in [2.05, 4.69) is 80.6 Å². The minimum Gasteiger partial charge on any atom is -0.198 e. The van der Waals surface area contributed by atoms with Crippen molar-refractivity contribution in [2.24, 2.45) is 7.05 Å². The van der Waals surface area contributed by atoms with E-state index >= 15 is 0 Å². The number of rotatable bonds is 2. The predicted octanol–water partition coefficient (Wildman–Crippen LogP) is 4.49. The van der Waals surface area contributed by atoms with Crippen LogP contribution in [-0.4, -0.2) is 8.07 Å². The Morgan fingerprint density at radius 3 is 2.35 bits per heavy atom. The van der Waals surface area contributed by atoms with Gasteiger partial charge in [-0.3, -0.25) is 0 Å². The number of aromatic nitrogens is 1. The molecule has 2 aromatic carbocycles. The smallest absolute Gasteiger partial charge is 0.198 e. The molecule has 0 saturated heterocycles. The Hall–Kier alpha value is -1.93. The first-order valence-electron chi connectivity index (χ1n) is 8.71. The Labute approximate surface area is 142 Å². The molecule has 1 aromatic heterocycles. The van der Waals surface area contributed by atoms with Gasteiger partial charge in [0, 0.05) is 18.5 Å². The Morgan fingerprint density at radius 1 is 1.00 bits per heavy atom. The molecule has 0 saturated carbocycles. The lowest BCUT2D eigenvalue weighted by molar-refractivity contribution is -0.665. The molecule has 0 spiro atoms. The number of fused-ring (bicyclic) bond motifs is 1. The predicted molar refractivity (Wildman–Crippen MR) is 103 cm³/mol. The summed E-state index contributed by atoms with van der Waals surface area (Å²) in [6.07, 6.45) is 0. The van der Waals surface area contributed by atoms with Gasteiger partial charge in [-0.05, 0) is 30.0 Å². The van der Waals surface area contributed by atoms with Crippen LogP contribution >= 0.6 is 0 Å². The minimum atomic E-state index is -1.40. The van der Waals surface area contributed by atoms with E-state index in [0.717, 1.165) is 11.1 Å². The molecule has 23 heavy (non-hydrogen) atoms. The highest BCUT2D eigenvalue weighted by Crippen LogP contribution is 2.28. The fraction of sp³-hybridized carbons (Fsp3) is 0.286. The number of hydrogen-bond donors (Lipinski definition) is 0. The molecule has 3 aromatic rings. The van der Waals surface area contributed by atoms with Gasteiger partial charge in [-0.2, -0.15) is 4.57 Å². The van der Waals surface area contributed by atoms with Crippen LogP contribution in [0.4, 0.5) is 0 Å². The molecule has 0 aliphatic rings. The molecule has 0 fully saturated rings. The summed E-state index contributed by atoms with van der Waals surface area (Å²) in [6, 6.07) is 15.9. The van der Waals surface area contributed by atoms with Crippen LogP contribution in [0.5, 0.6) is 0 Å². The van der Waals surface area contributed by atoms with Crippen molar-refractivity contribution in [3.05, 3.63) is 59.8 Å². The monoisotopic (exact) mass is 321 g/mol. The number of benzene rings is 2. The Kier molecular flexibility index (Phi) is 3.57. The summed E-state index contributed by atoms with van der Waals surface area (Å²) in [6.45, 7) is 11.3. The van der Waals surface area contributed by atoms with Gasteiger partial charge in [0.15, 0.2) is 5.69 Å². The molecule has 3 rings (SSSR count). The second-order valence-corrected chi connectivity index (χ2v) is 12.5. The molecule has 0 unspecified atom stereocenters. The van der Waals surface area contributed by atoms with Crippen molar-refractivity contribution < 1.29 is 5.94 Å². The summed E-state index contributed by atoms with van der Waals surface area (Å²) in [4.78, 5) is 0. The molecule has 0 amide bonds. The highest BCUT2D eigenvalue weighted by Gasteiger charge is 2.22. The first-order valence-corrected chi connectivity index (χ1v) is 11.7. The molecular formula is C21H26NSi+. The standard InChI is InChI=1S/C21H26NSi/c1-15-9-7-8-10-19(15)21-20-12-11-18(23(4,5)6)14-17(20)13-16(2)22(21)3/h7-14H,1-6H3/q+1/i13D. The number of nitrogens with zero attached hydrogens (tertiary/aromatic N) is 1. The average Bonchev–Trinajstić information content (AvgIpc) is 2.53. The van der Waals surface area contributed by atoms with Crippen molar-refractivity contribution in [1.82, 2.24) is 0 Å². The van der Waals surface area contributed by atoms with E-state index in [1.807, 2.05) is 6.92 Å². The average molecular weight is 322 g/mol. The van der Waals surface area contributed by atoms with Gasteiger partial charge in [0.05, 0.1) is 14.8 Å². The third-order valence-electron chi connectivity index (χ3n) is 4.69. The van der Waals surface area contributed by atoms with Crippen molar-refractivity contribution >= 4 is 24.0 Å². The van der Waals surface area contributed by atoms with Gasteiger partial charge in [-0.15, -0.1) is 0 Å². The quantitative estimate of drug-likeness (QED) is 0.483. The maximum Gasteiger partial charge on any atom is 0.220 e. The molecule has 2 heteroatoms. The molecule has 0 atom stereocenters. The van der Waals surface area contributed by atoms with E-state index in [1.54, 1.807) is 0 Å². The van der Waals surface area contributed by atoms with Crippen LogP contribution in [0.3, 0.4) is 0 Å². The fourth-order valence-electron chi connectivity index (χ4n) is 3.11. The maximum absolute atomic E-state index is 8.64. The zero-order valence-corrected chi connectivity index (χ0v) is 16.0. The second-order valence-electron chi connectivity index (χ2n) is 7.44. The molecule has 0 bridgehead atoms. The van der Waals surface area contributed by atoms with Crippen molar-refractivity contribution in [2.75, 3.05) is 0 Å². The maximum atomic E-state index is 8.64. The van der Waals surface area contributed by atoms with E-state index in [9.17, 15) is 0 Å². The van der Waals surface area contributed by atoms with E-state index < -0.39 is 8.07 Å². The van der Waals surface area contributed by atoms with E-state index in [1.165, 1.54) is 27.4 Å². The number of hydrogen-bond acceptors (Lipinski definition) is 0. The second kappa shape index (κ2) is 5.61. The van der Waals surface area contributed by atoms with Gasteiger partial charge in [-0.25, -0.2) is 0 Å². The minimum absolute atomic E-state index is 0.643. The first kappa shape index (κ1) is 14.6. The molecule has 118 valence electrons. The highest BCUT2D eigenvalue weighted by atomic mass is 28.3. The third-order valence-corrected chi connectivity index (χ3v) is 6.74. The molecular weight excluding hydrogens is 294 g/mol. The molecule has 0 N–H and O–H groups in total. The van der Waals surface area contributed by atoms with Crippen LogP contribution in [0.15, 0.2) is 48.5 Å². The van der Waals surface area contributed by atoms with Crippen LogP contribution < -0.4 is 9.75 Å². The summed E-state index contributed by atoms with van der Waals surface area (Å²) in [5.41, 5.74) is 4.72. The van der Waals surface area contributed by atoms with Crippen molar-refractivity contribution in [2.45, 2.75) is 33.5 Å². The van der Waals surface area contributed by atoms with Gasteiger partial charge < -0.3 is 0 Å². The highest BCUT2D eigenvalue weighted by molar-refractivity contribution is 6.88. The molecule has 0 aliphatic carbocycles. The molecule has 1 nitrogen and oxygen atoms in total. The topological polar surface area (TPSA) is 3.88 Å². The SMILES string of the molecule is [2H]c1c(C)[n+](C)c(-c2ccccc2C)c2ccc([Si](C)(C)C)cc12. The third kappa shape index (κ3) is 2.84. The Bertz CT molecular complexity index is 939. The Morgan fingerprint density at radius 2 is 1.70 bits per heavy atom. The van der Waals surface area contributed by atoms with Gasteiger partial charge in [0.1, 0.15) is 7.05 Å². The number of aryl methyl sites for hydroxylation is 1. The summed E-state index contributed by atoms with van der Waals surface area (Å²) >= 11 is 0. The molecule has 0 aliphatic heterocycles. The van der Waals surface area contributed by atoms with Crippen LogP contribution in [0.1, 0.15) is 12.6 Å². The lowest BCUT2D eigenvalue weighted by atomic mass is 9.99. The molecule has 1 heterocycles. The van der Waals surface area contributed by atoms with Crippen LogP contribution in [0.2, 0.25) is 19.6 Å². The van der Waals surface area contributed by atoms with Crippen molar-refractivity contribution in [1.29, 1.82) is 0 Å². The summed E-state index contributed by atoms with van der Waals surface area (Å²) < 4.78 is 10.8. The lowest BCUT2D eigenvalue weighted by Crippen LogP contribution is -2.38. The fourth-order valence-corrected chi connectivity index (χ4v) is 4.27. The van der Waals surface area contributed by atoms with Gasteiger partial charge in [0.25, 0.3) is 0 Å².